The molecule has 1 aromatic rings. The first kappa shape index (κ1) is 13.3. The number of hydrogen-bond donors (Lipinski definition) is 2. The van der Waals surface area contributed by atoms with E-state index >= 15 is 0 Å². The van der Waals surface area contributed by atoms with Gasteiger partial charge in [0.1, 0.15) is 0 Å². The summed E-state index contributed by atoms with van der Waals surface area (Å²) in [5, 5.41) is 9.72. The molecule has 108 valence electrons. The molecule has 1 heterocycles. The lowest BCUT2D eigenvalue weighted by molar-refractivity contribution is -0.126. The second-order valence-electron chi connectivity index (χ2n) is 5.99. The minimum Gasteiger partial charge on any atom is -0.353 e. The van der Waals surface area contributed by atoms with Crippen molar-refractivity contribution in [3.8, 4) is 0 Å². The highest BCUT2D eigenvalue weighted by molar-refractivity contribution is 5.79. The number of amides is 1. The summed E-state index contributed by atoms with van der Waals surface area (Å²) >= 11 is 0. The Balaban J connectivity index is 1.62. The maximum absolute atomic E-state index is 12.3. The lowest BCUT2D eigenvalue weighted by Gasteiger charge is -2.27. The van der Waals surface area contributed by atoms with Crippen molar-refractivity contribution in [1.29, 1.82) is 0 Å². The molecule has 0 aliphatic heterocycles. The largest absolute Gasteiger partial charge is 0.353 e. The third-order valence-electron chi connectivity index (χ3n) is 4.50. The number of carbonyl (C=O) groups excluding carboxylic acids is 1. The van der Waals surface area contributed by atoms with Gasteiger partial charge < -0.3 is 5.32 Å². The first-order valence-corrected chi connectivity index (χ1v) is 7.60. The minimum atomic E-state index is -0.164. The van der Waals surface area contributed by atoms with Gasteiger partial charge in [0.05, 0.1) is 5.69 Å². The summed E-state index contributed by atoms with van der Waals surface area (Å²) in [6.07, 6.45) is 8.11. The van der Waals surface area contributed by atoms with Crippen LogP contribution in [0.15, 0.2) is 10.9 Å². The van der Waals surface area contributed by atoms with Gasteiger partial charge in [-0.15, -0.1) is 0 Å². The fraction of sp³-hybridized carbons (Fsp3) is 0.667. The molecule has 2 aliphatic rings. The molecule has 2 N–H and O–H groups in total. The van der Waals surface area contributed by atoms with Crippen LogP contribution in [-0.2, 0) is 17.6 Å². The Morgan fingerprint density at radius 3 is 2.85 bits per heavy atom. The number of nitrogens with one attached hydrogen (secondary N) is 2. The van der Waals surface area contributed by atoms with Gasteiger partial charge in [0, 0.05) is 18.0 Å². The highest BCUT2D eigenvalue weighted by atomic mass is 16.2. The van der Waals surface area contributed by atoms with Gasteiger partial charge in [0.15, 0.2) is 0 Å². The molecule has 20 heavy (non-hydrogen) atoms. The molecular weight excluding hydrogens is 254 g/mol. The van der Waals surface area contributed by atoms with E-state index in [0.717, 1.165) is 43.4 Å². The van der Waals surface area contributed by atoms with Crippen molar-refractivity contribution in [2.75, 3.05) is 0 Å². The predicted molar refractivity (Wildman–Crippen MR) is 75.4 cm³/mol. The lowest BCUT2D eigenvalue weighted by Crippen LogP contribution is -2.42. The van der Waals surface area contributed by atoms with Crippen LogP contribution >= 0.6 is 0 Å². The molecule has 1 unspecified atom stereocenters. The molecule has 1 fully saturated rings. The van der Waals surface area contributed by atoms with Crippen molar-refractivity contribution < 1.29 is 4.79 Å². The highest BCUT2D eigenvalue weighted by Crippen LogP contribution is 2.24. The third kappa shape index (κ3) is 2.92. The number of aromatic nitrogens is 2. The summed E-state index contributed by atoms with van der Waals surface area (Å²) in [7, 11) is 0. The number of fused-ring (bicyclic) bond motifs is 1. The zero-order chi connectivity index (χ0) is 13.9. The molecule has 0 spiro atoms. The normalized spacial score (nSPS) is 23.1. The van der Waals surface area contributed by atoms with Crippen LogP contribution in [0.1, 0.15) is 49.8 Å². The summed E-state index contributed by atoms with van der Waals surface area (Å²) in [6.45, 7) is 0. The van der Waals surface area contributed by atoms with Crippen LogP contribution in [0.2, 0.25) is 0 Å². The van der Waals surface area contributed by atoms with Gasteiger partial charge in [-0.3, -0.25) is 9.59 Å². The van der Waals surface area contributed by atoms with Gasteiger partial charge in [0.25, 0.3) is 5.56 Å². The summed E-state index contributed by atoms with van der Waals surface area (Å²) in [4.78, 5) is 23.6. The number of carbonyl (C=O) groups is 1. The predicted octanol–water partition coefficient (Wildman–Crippen LogP) is 1.32. The molecule has 3 rings (SSSR count). The van der Waals surface area contributed by atoms with Gasteiger partial charge in [-0.25, -0.2) is 5.10 Å². The molecule has 5 nitrogen and oxygen atoms in total. The topological polar surface area (TPSA) is 74.8 Å². The van der Waals surface area contributed by atoms with Crippen LogP contribution < -0.4 is 10.9 Å². The first-order chi connectivity index (χ1) is 9.72. The molecule has 1 amide bonds. The average Bonchev–Trinajstić information content (AvgIpc) is 2.47. The zero-order valence-electron chi connectivity index (χ0n) is 11.7. The van der Waals surface area contributed by atoms with Crippen molar-refractivity contribution in [2.24, 2.45) is 5.92 Å². The number of nitrogens with zero attached hydrogens (tertiary/aromatic N) is 1. The lowest BCUT2D eigenvalue weighted by atomic mass is 9.87. The van der Waals surface area contributed by atoms with Crippen LogP contribution in [0.25, 0.3) is 0 Å². The molecule has 5 heteroatoms. The standard InChI is InChI=1S/C15H21N3O2/c19-14-9-11-8-12(6-7-13(11)17-18-14)16-15(20)10-4-2-1-3-5-10/h9-10,12H,1-8H2,(H,16,20)(H,18,19). The molecule has 1 saturated carbocycles. The van der Waals surface area contributed by atoms with E-state index in [-0.39, 0.29) is 23.4 Å². The number of aromatic amines is 1. The van der Waals surface area contributed by atoms with Gasteiger partial charge in [-0.2, -0.15) is 5.10 Å². The van der Waals surface area contributed by atoms with Gasteiger partial charge in [0.2, 0.25) is 5.91 Å². The third-order valence-corrected chi connectivity index (χ3v) is 4.50. The van der Waals surface area contributed by atoms with E-state index in [2.05, 4.69) is 15.5 Å². The number of hydrogen-bond acceptors (Lipinski definition) is 3. The maximum Gasteiger partial charge on any atom is 0.264 e. The Kier molecular flexibility index (Phi) is 3.85. The first-order valence-electron chi connectivity index (χ1n) is 7.60. The van der Waals surface area contributed by atoms with E-state index in [0.29, 0.717) is 0 Å². The smallest absolute Gasteiger partial charge is 0.264 e. The second kappa shape index (κ2) is 5.77. The average molecular weight is 275 g/mol. The van der Waals surface area contributed by atoms with Crippen molar-refractivity contribution in [3.63, 3.8) is 0 Å². The van der Waals surface area contributed by atoms with Crippen LogP contribution in [0.3, 0.4) is 0 Å². The summed E-state index contributed by atoms with van der Waals surface area (Å²) in [5.41, 5.74) is 1.78. The Morgan fingerprint density at radius 2 is 2.05 bits per heavy atom. The molecule has 1 atom stereocenters. The van der Waals surface area contributed by atoms with Crippen LogP contribution in [0, 0.1) is 5.92 Å². The molecule has 0 saturated heterocycles. The fourth-order valence-corrected chi connectivity index (χ4v) is 3.35. The van der Waals surface area contributed by atoms with E-state index in [1.54, 1.807) is 6.07 Å². The monoisotopic (exact) mass is 275 g/mol. The molecule has 1 aromatic heterocycles. The quantitative estimate of drug-likeness (QED) is 0.855. The Hall–Kier alpha value is -1.65. The number of H-pyrrole nitrogens is 1. The van der Waals surface area contributed by atoms with E-state index in [9.17, 15) is 9.59 Å². The maximum atomic E-state index is 12.3. The zero-order valence-corrected chi connectivity index (χ0v) is 11.7. The van der Waals surface area contributed by atoms with Gasteiger partial charge in [-0.05, 0) is 37.7 Å². The highest BCUT2D eigenvalue weighted by Gasteiger charge is 2.26. The molecule has 0 radical (unpaired) electrons. The van der Waals surface area contributed by atoms with E-state index in [4.69, 9.17) is 0 Å². The second-order valence-corrected chi connectivity index (χ2v) is 5.99. The van der Waals surface area contributed by atoms with Crippen molar-refractivity contribution in [1.82, 2.24) is 15.5 Å². The summed E-state index contributed by atoms with van der Waals surface area (Å²) < 4.78 is 0. The number of rotatable bonds is 2. The Morgan fingerprint density at radius 1 is 1.25 bits per heavy atom. The molecular formula is C15H21N3O2. The van der Waals surface area contributed by atoms with Crippen LogP contribution in [0.5, 0.6) is 0 Å². The molecule has 0 aromatic carbocycles. The van der Waals surface area contributed by atoms with E-state index in [1.165, 1.54) is 19.3 Å². The SMILES string of the molecule is O=C(NC1CCc2n[nH]c(=O)cc2C1)C1CCCCC1. The van der Waals surface area contributed by atoms with Crippen molar-refractivity contribution in [2.45, 2.75) is 57.4 Å². The van der Waals surface area contributed by atoms with Crippen molar-refractivity contribution in [3.05, 3.63) is 27.7 Å². The minimum absolute atomic E-state index is 0.153. The number of aryl methyl sites for hydroxylation is 1. The van der Waals surface area contributed by atoms with Gasteiger partial charge in [-0.1, -0.05) is 19.3 Å². The Labute approximate surface area is 118 Å². The fourth-order valence-electron chi connectivity index (χ4n) is 3.35. The summed E-state index contributed by atoms with van der Waals surface area (Å²) in [5.74, 6) is 0.401. The van der Waals surface area contributed by atoms with Crippen LogP contribution in [-0.4, -0.2) is 22.1 Å². The molecule has 0 bridgehead atoms. The van der Waals surface area contributed by atoms with Crippen molar-refractivity contribution >= 4 is 5.91 Å². The molecule has 2 aliphatic carbocycles. The van der Waals surface area contributed by atoms with Gasteiger partial charge >= 0.3 is 0 Å². The summed E-state index contributed by atoms with van der Waals surface area (Å²) in [6, 6.07) is 1.77. The van der Waals surface area contributed by atoms with Crippen LogP contribution in [0.4, 0.5) is 0 Å². The Bertz CT molecular complexity index is 546. The van der Waals surface area contributed by atoms with E-state index < -0.39 is 0 Å². The van der Waals surface area contributed by atoms with E-state index in [1.807, 2.05) is 0 Å².